The Kier molecular flexibility index (Phi) is 36.2. The molecular formula is C71H119N3O32. The summed E-state index contributed by atoms with van der Waals surface area (Å²) in [6, 6.07) is -2.84. The van der Waals surface area contributed by atoms with E-state index in [1.807, 2.05) is 13.8 Å². The van der Waals surface area contributed by atoms with Gasteiger partial charge in [-0.05, 0) is 76.0 Å². The number of rotatable bonds is 40. The maximum Gasteiger partial charge on any atom is 0.332 e. The number of carboxylic acids is 2. The molecule has 0 spiro atoms. The van der Waals surface area contributed by atoms with Gasteiger partial charge in [0.05, 0.1) is 96.0 Å². The van der Waals surface area contributed by atoms with Crippen LogP contribution in [0.15, 0.2) is 0 Å². The molecule has 0 aromatic rings. The fourth-order valence-corrected chi connectivity index (χ4v) is 15.5. The van der Waals surface area contributed by atoms with Crippen LogP contribution in [0.25, 0.3) is 0 Å². The van der Waals surface area contributed by atoms with Gasteiger partial charge in [-0.25, -0.2) is 9.59 Å². The van der Waals surface area contributed by atoms with E-state index in [2.05, 4.69) is 16.0 Å². The van der Waals surface area contributed by atoms with Gasteiger partial charge in [0.25, 0.3) is 0 Å². The molecule has 4 aliphatic carbocycles. The van der Waals surface area contributed by atoms with E-state index in [1.54, 1.807) is 0 Å². The molecule has 4 saturated carbocycles. The third-order valence-corrected chi connectivity index (χ3v) is 21.8. The first-order valence-corrected chi connectivity index (χ1v) is 38.1. The van der Waals surface area contributed by atoms with Crippen molar-refractivity contribution in [3.63, 3.8) is 0 Å². The van der Waals surface area contributed by atoms with E-state index in [0.29, 0.717) is 38.5 Å². The molecule has 610 valence electrons. The Bertz CT molecular complexity index is 2490. The van der Waals surface area contributed by atoms with Crippen molar-refractivity contribution in [3.8, 4) is 0 Å². The van der Waals surface area contributed by atoms with Crippen LogP contribution in [0.2, 0.25) is 0 Å². The third-order valence-electron chi connectivity index (χ3n) is 21.8. The van der Waals surface area contributed by atoms with Gasteiger partial charge in [-0.15, -0.1) is 0 Å². The van der Waals surface area contributed by atoms with Gasteiger partial charge in [-0.3, -0.25) is 19.2 Å². The Morgan fingerprint density at radius 2 is 0.811 bits per heavy atom. The molecule has 8 rings (SSSR count). The minimum atomic E-state index is -1.68. The van der Waals surface area contributed by atoms with Crippen molar-refractivity contribution in [2.24, 2.45) is 23.7 Å². The summed E-state index contributed by atoms with van der Waals surface area (Å²) in [7, 11) is 0. The third kappa shape index (κ3) is 25.3. The number of hydrogen-bond acceptors (Lipinski definition) is 30. The summed E-state index contributed by atoms with van der Waals surface area (Å²) in [6.07, 6.45) is -20.5. The summed E-state index contributed by atoms with van der Waals surface area (Å²) in [5, 5.41) is 137. The molecule has 0 radical (unpaired) electrons. The van der Waals surface area contributed by atoms with Crippen molar-refractivity contribution in [1.82, 2.24) is 16.0 Å². The number of aliphatic carboxylic acids is 2. The molecule has 4 heterocycles. The molecule has 10 unspecified atom stereocenters. The number of nitrogens with one attached hydrogen (secondary N) is 3. The fourth-order valence-electron chi connectivity index (χ4n) is 15.5. The Morgan fingerprint density at radius 1 is 0.406 bits per heavy atom. The van der Waals surface area contributed by atoms with E-state index < -0.39 is 221 Å². The van der Waals surface area contributed by atoms with Crippen LogP contribution >= 0.6 is 0 Å². The van der Waals surface area contributed by atoms with Crippen molar-refractivity contribution in [1.29, 1.82) is 0 Å². The maximum atomic E-state index is 13.9. The standard InChI is InChI=1S/C71H119N3O32/c1-36-13-11-19-43(62(36)105-70-60(87)58(85)54(81)38(3)97-70)101-68-52(64(56(83)47(32-75)103-68)99-45(66(89)90)29-40-15-7-5-8-16-40)73-49(78)22-21-42(77)34-95-27-25-93-23-24-94-26-28-96-35-51(80)72-31-50(79)74-53-65(100-46(67(91)92)30-41-17-9-6-10-18-41)57(84)48(33-76)104-69(53)102-44-20-12-14-37(2)63(44)106-71-61(88)59(86)55(82)39(4)98-71/h36-41,43-48,52-65,68-71,75-76,81-88H,5-35H2,1-4H3,(H,72,80)(H,73,78)(H,74,79)(H,89,90)(H,91,92)/t36?,37?,38?,39?,43-,44-,45+,46+,47+,48+,52?,53?,54-,55-,56+,57+,58+,59+,60?,61?,62-,63-,64?,65?,68-,69-,70+,71+/m1/s1. The van der Waals surface area contributed by atoms with Gasteiger partial charge in [0.2, 0.25) is 17.7 Å². The van der Waals surface area contributed by atoms with Crippen LogP contribution in [-0.2, 0) is 95.1 Å². The van der Waals surface area contributed by atoms with Crippen LogP contribution in [0, 0.1) is 23.7 Å². The zero-order valence-electron chi connectivity index (χ0n) is 61.3. The first-order chi connectivity index (χ1) is 50.8. The number of ketones is 1. The molecule has 106 heavy (non-hydrogen) atoms. The molecule has 15 N–H and O–H groups in total. The van der Waals surface area contributed by atoms with Gasteiger partial charge >= 0.3 is 11.9 Å². The summed E-state index contributed by atoms with van der Waals surface area (Å²) in [5.74, 6) is -5.70. The van der Waals surface area contributed by atoms with Crippen LogP contribution in [0.5, 0.6) is 0 Å². The zero-order valence-corrected chi connectivity index (χ0v) is 61.3. The molecule has 4 saturated heterocycles. The van der Waals surface area contributed by atoms with E-state index in [4.69, 9.17) is 66.3 Å². The molecule has 35 nitrogen and oxygen atoms in total. The van der Waals surface area contributed by atoms with Crippen LogP contribution < -0.4 is 16.0 Å². The summed E-state index contributed by atoms with van der Waals surface area (Å²) in [6.45, 7) is 4.06. The summed E-state index contributed by atoms with van der Waals surface area (Å²) >= 11 is 0. The van der Waals surface area contributed by atoms with Crippen LogP contribution in [0.3, 0.4) is 0 Å². The van der Waals surface area contributed by atoms with Crippen molar-refractivity contribution in [2.75, 3.05) is 72.6 Å². The highest BCUT2D eigenvalue weighted by atomic mass is 16.7. The highest BCUT2D eigenvalue weighted by Crippen LogP contribution is 2.40. The van der Waals surface area contributed by atoms with Crippen LogP contribution in [0.4, 0.5) is 0 Å². The number of ether oxygens (including phenoxy) is 14. The lowest BCUT2D eigenvalue weighted by molar-refractivity contribution is -0.336. The number of amides is 3. The van der Waals surface area contributed by atoms with Gasteiger partial charge < -0.3 is 144 Å². The number of carboxylic acid groups (broad SMARTS) is 2. The Balaban J connectivity index is 0.763. The monoisotopic (exact) mass is 1530 g/mol. The number of aliphatic hydroxyl groups excluding tert-OH is 10. The number of carbonyl (C=O) groups is 6. The van der Waals surface area contributed by atoms with E-state index in [9.17, 15) is 90.0 Å². The summed E-state index contributed by atoms with van der Waals surface area (Å²) in [5.41, 5.74) is 0. The predicted octanol–water partition coefficient (Wildman–Crippen LogP) is -1.90. The highest BCUT2D eigenvalue weighted by molar-refractivity contribution is 5.86. The lowest BCUT2D eigenvalue weighted by atomic mass is 9.85. The molecule has 0 aromatic carbocycles. The molecule has 0 bridgehead atoms. The first-order valence-electron chi connectivity index (χ1n) is 38.1. The van der Waals surface area contributed by atoms with E-state index in [-0.39, 0.29) is 95.6 Å². The van der Waals surface area contributed by atoms with E-state index in [1.165, 1.54) is 13.8 Å². The zero-order chi connectivity index (χ0) is 76.7. The molecule has 0 aromatic heterocycles. The van der Waals surface area contributed by atoms with Gasteiger partial charge in [0, 0.05) is 12.8 Å². The largest absolute Gasteiger partial charge is 0.479 e. The quantitative estimate of drug-likeness (QED) is 0.0298. The summed E-state index contributed by atoms with van der Waals surface area (Å²) in [4.78, 5) is 79.3. The van der Waals surface area contributed by atoms with Crippen molar-refractivity contribution < 1.29 is 156 Å². The lowest BCUT2D eigenvalue weighted by Gasteiger charge is -2.48. The number of Topliss-reactive ketones (excluding diaryl/α,β-unsaturated/α-hetero) is 1. The van der Waals surface area contributed by atoms with Gasteiger partial charge in [0.1, 0.15) is 98.5 Å². The second-order valence-electron chi connectivity index (χ2n) is 29.8. The van der Waals surface area contributed by atoms with Gasteiger partial charge in [-0.1, -0.05) is 90.9 Å². The molecule has 35 heteroatoms. The minimum Gasteiger partial charge on any atom is -0.479 e. The van der Waals surface area contributed by atoms with Crippen molar-refractivity contribution in [3.05, 3.63) is 0 Å². The van der Waals surface area contributed by atoms with Gasteiger partial charge in [-0.2, -0.15) is 0 Å². The van der Waals surface area contributed by atoms with Crippen molar-refractivity contribution >= 4 is 35.4 Å². The molecule has 3 amide bonds. The van der Waals surface area contributed by atoms with Gasteiger partial charge in [0.15, 0.2) is 43.2 Å². The normalized spacial score (nSPS) is 37.7. The summed E-state index contributed by atoms with van der Waals surface area (Å²) < 4.78 is 84.1. The van der Waals surface area contributed by atoms with E-state index in [0.717, 1.165) is 64.2 Å². The maximum absolute atomic E-state index is 13.9. The Labute approximate surface area is 617 Å². The molecule has 8 fully saturated rings. The number of carbonyl (C=O) groups excluding carboxylic acids is 4. The van der Waals surface area contributed by atoms with Crippen LogP contribution in [0.1, 0.15) is 156 Å². The average Bonchev–Trinajstić information content (AvgIpc) is 0.789. The van der Waals surface area contributed by atoms with Crippen molar-refractivity contribution in [2.45, 2.75) is 315 Å². The van der Waals surface area contributed by atoms with E-state index >= 15 is 0 Å². The predicted molar refractivity (Wildman–Crippen MR) is 363 cm³/mol. The fraction of sp³-hybridized carbons (Fsp3) is 0.915. The molecule has 28 atom stereocenters. The second-order valence-corrected chi connectivity index (χ2v) is 29.8. The SMILES string of the molecule is CC1O[C@@H](O[C@@H]2C(C)CCC[C@H]2O[C@@H]2O[C@@H](CO)[C@H](O)C(O[C@@H](CC3CCCCC3)C(=O)O)C2NC(=O)CCC(=O)COCCOCCOCCOCC(=O)NCC(=O)NC2C(O[C@@H](CC3CCCCC3)C(=O)O)[C@@H](O)[C@H](CO)O[C@H]2O[C@@H]2CCCC(C)[C@H]2O[C@@H]2OC(C)[C@@H](O)[C@H](O)C2O)C(O)[C@@H](O)[C@@H]1O. The highest BCUT2D eigenvalue weighted by Gasteiger charge is 2.55. The minimum absolute atomic E-state index is 0.00735. The number of hydrogen-bond donors (Lipinski definition) is 15. The smallest absolute Gasteiger partial charge is 0.332 e. The first kappa shape index (κ1) is 87.6. The average molecular weight is 1530 g/mol. The molecule has 8 aliphatic rings. The number of aliphatic hydroxyl groups is 10. The molecular weight excluding hydrogens is 1410 g/mol. The molecule has 4 aliphatic heterocycles. The Morgan fingerprint density at radius 3 is 1.23 bits per heavy atom. The lowest BCUT2D eigenvalue weighted by Crippen LogP contribution is -2.67. The topological polar surface area (TPSA) is 510 Å². The Hall–Kier alpha value is -3.94. The van der Waals surface area contributed by atoms with Crippen LogP contribution in [-0.4, -0.2) is 329 Å². The second kappa shape index (κ2) is 43.8.